The summed E-state index contributed by atoms with van der Waals surface area (Å²) < 4.78 is 0. The third kappa shape index (κ3) is 66.8. The molecule has 0 fully saturated rings. The largest absolute Gasteiger partial charge is 0.481 e. The minimum atomic E-state index is -2.74. The molecule has 0 aromatic carbocycles. The van der Waals surface area contributed by atoms with E-state index in [4.69, 9.17) is 20.4 Å². The summed E-state index contributed by atoms with van der Waals surface area (Å²) in [5.74, 6) is -5.02. The number of carboxylic acids is 3. The Morgan fingerprint density at radius 1 is 0.312 bits per heavy atom. The Balaban J connectivity index is -0.000000377. The lowest BCUT2D eigenvalue weighted by molar-refractivity contribution is -0.170. The van der Waals surface area contributed by atoms with Crippen LogP contribution in [0.2, 0.25) is 0 Å². The fourth-order valence-corrected chi connectivity index (χ4v) is 7.52. The molecule has 0 bridgehead atoms. The molecule has 386 valence electrons. The van der Waals surface area contributed by atoms with E-state index in [1.54, 1.807) is 0 Å². The zero-order valence-electron chi connectivity index (χ0n) is 44.3. The van der Waals surface area contributed by atoms with E-state index in [1.807, 2.05) is 0 Å². The summed E-state index contributed by atoms with van der Waals surface area (Å²) in [4.78, 5) is 37.3. The standard InChI is InChI=1S/3C16H35N.C6H8O7/c3*1-4-5-6-7-8-9-10-11-12-13-14-15-16-17(2)3;7-3(8)1-6(13,5(11)12)2-4(9)10/h3*4-16H2,1-3H3;13H,1-2H2,(H,7,8)(H,9,10)(H,11,12). The van der Waals surface area contributed by atoms with Crippen LogP contribution in [0.4, 0.5) is 0 Å². The van der Waals surface area contributed by atoms with Crippen molar-refractivity contribution in [2.45, 2.75) is 270 Å². The maximum Gasteiger partial charge on any atom is 0.336 e. The maximum absolute atomic E-state index is 10.3. The minimum absolute atomic E-state index is 1.14. The van der Waals surface area contributed by atoms with Gasteiger partial charge in [0, 0.05) is 0 Å². The van der Waals surface area contributed by atoms with Gasteiger partial charge in [-0.25, -0.2) is 4.79 Å². The third-order valence-corrected chi connectivity index (χ3v) is 11.7. The van der Waals surface area contributed by atoms with Gasteiger partial charge in [-0.05, 0) is 81.2 Å². The van der Waals surface area contributed by atoms with Gasteiger partial charge in [-0.1, -0.05) is 233 Å². The number of aliphatic carboxylic acids is 3. The van der Waals surface area contributed by atoms with Crippen molar-refractivity contribution < 1.29 is 34.8 Å². The molecular weight excluding hydrogens is 803 g/mol. The minimum Gasteiger partial charge on any atom is -0.481 e. The predicted molar refractivity (Wildman–Crippen MR) is 276 cm³/mol. The molecule has 0 aromatic heterocycles. The average molecular weight is 917 g/mol. The molecule has 0 saturated heterocycles. The van der Waals surface area contributed by atoms with E-state index in [0.717, 1.165) is 0 Å². The fraction of sp³-hybridized carbons (Fsp3) is 0.944. The van der Waals surface area contributed by atoms with Crippen molar-refractivity contribution >= 4 is 17.9 Å². The molecule has 0 atom stereocenters. The van der Waals surface area contributed by atoms with Crippen molar-refractivity contribution in [2.75, 3.05) is 61.9 Å². The van der Waals surface area contributed by atoms with Crippen molar-refractivity contribution in [3.05, 3.63) is 0 Å². The van der Waals surface area contributed by atoms with Crippen molar-refractivity contribution in [1.82, 2.24) is 14.7 Å². The van der Waals surface area contributed by atoms with Crippen LogP contribution in [0.15, 0.2) is 0 Å². The lowest BCUT2D eigenvalue weighted by Gasteiger charge is -2.18. The van der Waals surface area contributed by atoms with E-state index in [1.165, 1.54) is 251 Å². The van der Waals surface area contributed by atoms with E-state index < -0.39 is 36.4 Å². The summed E-state index contributed by atoms with van der Waals surface area (Å²) in [5.41, 5.74) is -2.74. The van der Waals surface area contributed by atoms with Crippen LogP contribution in [0.25, 0.3) is 0 Å². The maximum atomic E-state index is 10.3. The van der Waals surface area contributed by atoms with E-state index in [0.29, 0.717) is 0 Å². The molecule has 10 nitrogen and oxygen atoms in total. The first-order chi connectivity index (χ1) is 30.6. The van der Waals surface area contributed by atoms with Crippen LogP contribution in [0, 0.1) is 0 Å². The SMILES string of the molecule is CCCCCCCCCCCCCCN(C)C.CCCCCCCCCCCCCCN(C)C.CCCCCCCCCCCCCCN(C)C.O=C(O)CC(O)(CC(=O)O)C(=O)O. The number of hydrogen-bond donors (Lipinski definition) is 4. The Bertz CT molecular complexity index is 856. The predicted octanol–water partition coefficient (Wildman–Crippen LogP) is 14.5. The number of rotatable bonds is 44. The highest BCUT2D eigenvalue weighted by Crippen LogP contribution is 2.17. The van der Waals surface area contributed by atoms with Crippen molar-refractivity contribution in [1.29, 1.82) is 0 Å². The third-order valence-electron chi connectivity index (χ3n) is 11.7. The fourth-order valence-electron chi connectivity index (χ4n) is 7.52. The highest BCUT2D eigenvalue weighted by Gasteiger charge is 2.40. The quantitative estimate of drug-likeness (QED) is 0.0436. The number of aliphatic hydroxyl groups is 1. The van der Waals surface area contributed by atoms with E-state index >= 15 is 0 Å². The molecule has 0 unspecified atom stereocenters. The summed E-state index contributed by atoms with van der Waals surface area (Å²) in [7, 11) is 13.0. The summed E-state index contributed by atoms with van der Waals surface area (Å²) in [5, 5.41) is 33.8. The lowest BCUT2D eigenvalue weighted by atomic mass is 9.96. The molecule has 0 rings (SSSR count). The van der Waals surface area contributed by atoms with Gasteiger partial charge in [-0.3, -0.25) is 9.59 Å². The molecule has 0 spiro atoms. The average Bonchev–Trinajstić information content (AvgIpc) is 3.22. The lowest BCUT2D eigenvalue weighted by Crippen LogP contribution is -2.42. The highest BCUT2D eigenvalue weighted by molar-refractivity contribution is 5.88. The van der Waals surface area contributed by atoms with Gasteiger partial charge in [-0.15, -0.1) is 0 Å². The van der Waals surface area contributed by atoms with Crippen molar-refractivity contribution in [2.24, 2.45) is 0 Å². The van der Waals surface area contributed by atoms with Gasteiger partial charge >= 0.3 is 17.9 Å². The summed E-state index contributed by atoms with van der Waals surface area (Å²) >= 11 is 0. The van der Waals surface area contributed by atoms with Crippen LogP contribution in [0.3, 0.4) is 0 Å². The molecule has 64 heavy (non-hydrogen) atoms. The number of unbranched alkanes of at least 4 members (excludes halogenated alkanes) is 33. The van der Waals surface area contributed by atoms with Crippen LogP contribution >= 0.6 is 0 Å². The van der Waals surface area contributed by atoms with Gasteiger partial charge in [-0.2, -0.15) is 0 Å². The Morgan fingerprint density at radius 2 is 0.469 bits per heavy atom. The molecule has 0 aliphatic rings. The Hall–Kier alpha value is -1.75. The zero-order chi connectivity index (χ0) is 49.0. The van der Waals surface area contributed by atoms with Gasteiger partial charge in [0.15, 0.2) is 5.60 Å². The molecule has 10 heteroatoms. The van der Waals surface area contributed by atoms with E-state index in [2.05, 4.69) is 77.8 Å². The molecular formula is C54H113N3O7. The summed E-state index contributed by atoms with van der Waals surface area (Å²) in [6.07, 6.45) is 49.7. The monoisotopic (exact) mass is 916 g/mol. The Labute approximate surface area is 398 Å². The topological polar surface area (TPSA) is 142 Å². The Kier molecular flexibility index (Phi) is 59.8. The van der Waals surface area contributed by atoms with Gasteiger partial charge in [0.05, 0.1) is 12.8 Å². The van der Waals surface area contributed by atoms with Gasteiger partial charge < -0.3 is 35.1 Å². The van der Waals surface area contributed by atoms with Crippen molar-refractivity contribution in [3.63, 3.8) is 0 Å². The Morgan fingerprint density at radius 3 is 0.594 bits per heavy atom. The molecule has 0 aromatic rings. The number of carboxylic acid groups (broad SMARTS) is 3. The molecule has 0 aliphatic carbocycles. The molecule has 0 amide bonds. The summed E-state index contributed by atoms with van der Waals surface area (Å²) in [6.45, 7) is 10.6. The second-order valence-electron chi connectivity index (χ2n) is 19.6. The van der Waals surface area contributed by atoms with Gasteiger partial charge in [0.2, 0.25) is 0 Å². The molecule has 0 aliphatic heterocycles. The number of nitrogens with zero attached hydrogens (tertiary/aromatic N) is 3. The first-order valence-corrected chi connectivity index (χ1v) is 26.9. The number of carbonyl (C=O) groups is 3. The smallest absolute Gasteiger partial charge is 0.336 e. The second kappa shape index (κ2) is 55.6. The first kappa shape index (κ1) is 68.8. The van der Waals surface area contributed by atoms with Crippen LogP contribution in [0.5, 0.6) is 0 Å². The molecule has 4 N–H and O–H groups in total. The van der Waals surface area contributed by atoms with Gasteiger partial charge in [0.25, 0.3) is 0 Å². The molecule has 0 saturated carbocycles. The highest BCUT2D eigenvalue weighted by atomic mass is 16.4. The van der Waals surface area contributed by atoms with E-state index in [9.17, 15) is 14.4 Å². The van der Waals surface area contributed by atoms with Crippen LogP contribution in [0.1, 0.15) is 265 Å². The van der Waals surface area contributed by atoms with E-state index in [-0.39, 0.29) is 0 Å². The molecule has 0 radical (unpaired) electrons. The van der Waals surface area contributed by atoms with Crippen LogP contribution < -0.4 is 0 Å². The first-order valence-electron chi connectivity index (χ1n) is 26.9. The van der Waals surface area contributed by atoms with Crippen LogP contribution in [-0.2, 0) is 14.4 Å². The zero-order valence-corrected chi connectivity index (χ0v) is 44.3. The van der Waals surface area contributed by atoms with Gasteiger partial charge in [0.1, 0.15) is 0 Å². The number of hydrogen-bond acceptors (Lipinski definition) is 7. The summed E-state index contributed by atoms with van der Waals surface area (Å²) in [6, 6.07) is 0. The normalized spacial score (nSPS) is 11.2. The van der Waals surface area contributed by atoms with Crippen molar-refractivity contribution in [3.8, 4) is 0 Å². The second-order valence-corrected chi connectivity index (χ2v) is 19.6. The van der Waals surface area contributed by atoms with Crippen LogP contribution in [-0.4, -0.2) is 121 Å². The molecule has 0 heterocycles.